The van der Waals surface area contributed by atoms with Crippen molar-refractivity contribution in [3.8, 4) is 0 Å². The van der Waals surface area contributed by atoms with Crippen LogP contribution in [0.4, 0.5) is 9.59 Å². The average Bonchev–Trinajstić information content (AvgIpc) is 3.39. The summed E-state index contributed by atoms with van der Waals surface area (Å²) in [7, 11) is 4.19. The quantitative estimate of drug-likeness (QED) is 0.145. The van der Waals surface area contributed by atoms with Gasteiger partial charge in [-0.1, -0.05) is 63.8 Å². The molecule has 9 heteroatoms. The second-order valence-electron chi connectivity index (χ2n) is 15.1. The van der Waals surface area contributed by atoms with Crippen LogP contribution in [0.1, 0.15) is 106 Å². The van der Waals surface area contributed by atoms with Crippen molar-refractivity contribution in [2.24, 2.45) is 40.4 Å². The number of unbranched alkanes of at least 4 members (excludes halogenated alkanes) is 1. The first-order valence-corrected chi connectivity index (χ1v) is 17.3. The summed E-state index contributed by atoms with van der Waals surface area (Å²) >= 11 is 0. The van der Waals surface area contributed by atoms with E-state index in [0.29, 0.717) is 42.9 Å². The van der Waals surface area contributed by atoms with Crippen molar-refractivity contribution in [3.63, 3.8) is 0 Å². The van der Waals surface area contributed by atoms with Crippen LogP contribution in [0.15, 0.2) is 23.3 Å². The summed E-state index contributed by atoms with van der Waals surface area (Å²) < 4.78 is 32.1. The zero-order valence-electron chi connectivity index (χ0n) is 29.6. The molecule has 0 N–H and O–H groups in total. The molecule has 9 atom stereocenters. The fourth-order valence-corrected chi connectivity index (χ4v) is 9.63. The Morgan fingerprint density at radius 3 is 2.33 bits per heavy atom. The molecule has 4 aliphatic carbocycles. The minimum absolute atomic E-state index is 0.103. The molecule has 0 aromatic carbocycles. The number of rotatable bonds is 13. The molecule has 0 aromatic rings. The van der Waals surface area contributed by atoms with Crippen molar-refractivity contribution in [1.29, 1.82) is 0 Å². The lowest BCUT2D eigenvalue weighted by molar-refractivity contribution is -0.157. The largest absolute Gasteiger partial charge is 0.508 e. The highest BCUT2D eigenvalue weighted by atomic mass is 16.7. The standard InChI is InChI=1S/C37H58O9/c1-10-11-12-24(19-31(38)35(3,4)44-22-41-7)23(2)28-15-16-29-27-14-13-25-20-26(45-33(39)42-8)21-32(46-34(40)43-9)37(25,6)30(27)17-18-36(28,29)5/h13-14,23-24,26,28-30,32H,10-12,15-22H2,1-9H3/t23-,24-,26+,28+,29-,30-,32-,36+,37-/m0/s1. The predicted octanol–water partition coefficient (Wildman–Crippen LogP) is 8.20. The summed E-state index contributed by atoms with van der Waals surface area (Å²) in [6, 6.07) is 0. The fraction of sp³-hybridized carbons (Fsp3) is 0.811. The van der Waals surface area contributed by atoms with E-state index < -0.39 is 35.5 Å². The highest BCUT2D eigenvalue weighted by Gasteiger charge is 2.60. The van der Waals surface area contributed by atoms with Crippen molar-refractivity contribution in [2.75, 3.05) is 28.1 Å². The molecular weight excluding hydrogens is 588 g/mol. The number of fused-ring (bicyclic) bond motifs is 5. The molecule has 3 fully saturated rings. The van der Waals surface area contributed by atoms with E-state index in [1.807, 2.05) is 13.8 Å². The second-order valence-corrected chi connectivity index (χ2v) is 15.1. The van der Waals surface area contributed by atoms with Crippen molar-refractivity contribution in [3.05, 3.63) is 23.3 Å². The van der Waals surface area contributed by atoms with Gasteiger partial charge < -0.3 is 28.4 Å². The van der Waals surface area contributed by atoms with E-state index in [9.17, 15) is 14.4 Å². The number of hydrogen-bond acceptors (Lipinski definition) is 9. The van der Waals surface area contributed by atoms with Gasteiger partial charge in [0, 0.05) is 31.8 Å². The minimum Gasteiger partial charge on any atom is -0.438 e. The van der Waals surface area contributed by atoms with Crippen LogP contribution in [0.3, 0.4) is 0 Å². The molecule has 0 heterocycles. The van der Waals surface area contributed by atoms with Crippen molar-refractivity contribution < 1.29 is 42.8 Å². The maximum absolute atomic E-state index is 13.5. The summed E-state index contributed by atoms with van der Waals surface area (Å²) in [6.07, 6.45) is 11.1. The summed E-state index contributed by atoms with van der Waals surface area (Å²) in [5.74, 6) is 1.96. The molecule has 0 saturated heterocycles. The first-order valence-electron chi connectivity index (χ1n) is 17.3. The fourth-order valence-electron chi connectivity index (χ4n) is 9.63. The third kappa shape index (κ3) is 7.06. The van der Waals surface area contributed by atoms with Gasteiger partial charge >= 0.3 is 12.3 Å². The number of methoxy groups -OCH3 is 3. The van der Waals surface area contributed by atoms with Crippen LogP contribution in [0, 0.1) is 40.4 Å². The zero-order valence-corrected chi connectivity index (χ0v) is 29.6. The van der Waals surface area contributed by atoms with E-state index in [2.05, 4.69) is 39.8 Å². The van der Waals surface area contributed by atoms with Gasteiger partial charge in [-0.15, -0.1) is 0 Å². The monoisotopic (exact) mass is 646 g/mol. The maximum Gasteiger partial charge on any atom is 0.508 e. The zero-order chi connectivity index (χ0) is 33.9. The first kappa shape index (κ1) is 36.4. The molecule has 0 radical (unpaired) electrons. The number of carbonyl (C=O) groups excluding carboxylic acids is 3. The number of hydrogen-bond donors (Lipinski definition) is 0. The third-order valence-corrected chi connectivity index (χ3v) is 12.5. The molecule has 0 unspecified atom stereocenters. The topological polar surface area (TPSA) is 107 Å². The van der Waals surface area contributed by atoms with E-state index in [0.717, 1.165) is 50.5 Å². The molecular formula is C37H58O9. The summed E-state index contributed by atoms with van der Waals surface area (Å²) in [4.78, 5) is 38.0. The Balaban J connectivity index is 1.60. The molecule has 0 aromatic heterocycles. The molecule has 46 heavy (non-hydrogen) atoms. The van der Waals surface area contributed by atoms with Gasteiger partial charge in [-0.2, -0.15) is 0 Å². The van der Waals surface area contributed by atoms with Crippen LogP contribution >= 0.6 is 0 Å². The van der Waals surface area contributed by atoms with Crippen LogP contribution in [-0.4, -0.2) is 64.0 Å². The number of carbonyl (C=O) groups is 3. The van der Waals surface area contributed by atoms with Crippen LogP contribution in [0.25, 0.3) is 0 Å². The Labute approximate surface area is 276 Å². The molecule has 4 rings (SSSR count). The molecule has 0 aliphatic heterocycles. The van der Waals surface area contributed by atoms with Gasteiger partial charge in [0.1, 0.15) is 24.6 Å². The summed E-state index contributed by atoms with van der Waals surface area (Å²) in [5, 5.41) is 0. The number of ketones is 1. The van der Waals surface area contributed by atoms with Crippen molar-refractivity contribution in [1.82, 2.24) is 0 Å². The Morgan fingerprint density at radius 2 is 1.67 bits per heavy atom. The minimum atomic E-state index is -0.879. The Bertz CT molecular complexity index is 1170. The SMILES string of the molecule is CCCC[C@@H](CC(=O)C(C)(C)OCOC)[C@H](C)[C@H]1CC[C@H]2C3=CC=C4C[C@@H](OC(=O)OC)C[C@H](OC(=O)OC)[C@]4(C)[C@H]3CC[C@]12C. The van der Waals surface area contributed by atoms with E-state index in [-0.39, 0.29) is 23.9 Å². The lowest BCUT2D eigenvalue weighted by Crippen LogP contribution is -2.54. The number of Topliss-reactive ketones (excluding diaryl/α,β-unsaturated/α-hetero) is 1. The van der Waals surface area contributed by atoms with Crippen molar-refractivity contribution >= 4 is 18.1 Å². The van der Waals surface area contributed by atoms with Crippen molar-refractivity contribution in [2.45, 2.75) is 124 Å². The first-order chi connectivity index (χ1) is 21.8. The predicted molar refractivity (Wildman–Crippen MR) is 174 cm³/mol. The molecule has 4 aliphatic rings. The van der Waals surface area contributed by atoms with Gasteiger partial charge in [-0.25, -0.2) is 9.59 Å². The molecule has 3 saturated carbocycles. The molecule has 260 valence electrons. The average molecular weight is 647 g/mol. The lowest BCUT2D eigenvalue weighted by atomic mass is 9.49. The summed E-state index contributed by atoms with van der Waals surface area (Å²) in [6.45, 7) is 13.1. The number of ether oxygens (including phenoxy) is 6. The van der Waals surface area contributed by atoms with E-state index in [1.165, 1.54) is 19.8 Å². The highest BCUT2D eigenvalue weighted by Crippen LogP contribution is 2.67. The Morgan fingerprint density at radius 1 is 0.978 bits per heavy atom. The molecule has 0 bridgehead atoms. The van der Waals surface area contributed by atoms with Gasteiger partial charge in [-0.3, -0.25) is 4.79 Å². The van der Waals surface area contributed by atoms with Gasteiger partial charge in [-0.05, 0) is 81.0 Å². The van der Waals surface area contributed by atoms with Gasteiger partial charge in [0.05, 0.1) is 14.2 Å². The highest BCUT2D eigenvalue weighted by molar-refractivity contribution is 5.86. The smallest absolute Gasteiger partial charge is 0.438 e. The van der Waals surface area contributed by atoms with Crippen LogP contribution < -0.4 is 0 Å². The molecule has 0 amide bonds. The van der Waals surface area contributed by atoms with E-state index in [4.69, 9.17) is 28.4 Å². The lowest BCUT2D eigenvalue weighted by Gasteiger charge is -2.57. The molecule has 0 spiro atoms. The Hall–Kier alpha value is -2.39. The summed E-state index contributed by atoms with van der Waals surface area (Å²) in [5.41, 5.74) is 1.40. The van der Waals surface area contributed by atoms with Gasteiger partial charge in [0.15, 0.2) is 5.78 Å². The third-order valence-electron chi connectivity index (χ3n) is 12.5. The van der Waals surface area contributed by atoms with Gasteiger partial charge in [0.2, 0.25) is 0 Å². The van der Waals surface area contributed by atoms with Crippen LogP contribution in [0.5, 0.6) is 0 Å². The number of allylic oxidation sites excluding steroid dienone is 3. The molecule has 9 nitrogen and oxygen atoms in total. The normalized spacial score (nSPS) is 33.3. The van der Waals surface area contributed by atoms with Gasteiger partial charge in [0.25, 0.3) is 0 Å². The van der Waals surface area contributed by atoms with Crippen LogP contribution in [-0.2, 0) is 33.2 Å². The Kier molecular flexibility index (Phi) is 11.7. The second kappa shape index (κ2) is 14.8. The van der Waals surface area contributed by atoms with Crippen LogP contribution in [0.2, 0.25) is 0 Å². The van der Waals surface area contributed by atoms with E-state index >= 15 is 0 Å². The maximum atomic E-state index is 13.5. The van der Waals surface area contributed by atoms with E-state index in [1.54, 1.807) is 7.11 Å².